The van der Waals surface area contributed by atoms with E-state index in [0.717, 1.165) is 23.1 Å². The summed E-state index contributed by atoms with van der Waals surface area (Å²) in [6.07, 6.45) is 0.825. The van der Waals surface area contributed by atoms with Gasteiger partial charge in [-0.1, -0.05) is 48.0 Å². The first-order valence-corrected chi connectivity index (χ1v) is 9.78. The van der Waals surface area contributed by atoms with E-state index in [1.165, 1.54) is 0 Å². The maximum Gasteiger partial charge on any atom is 0.282 e. The third kappa shape index (κ3) is 3.81. The highest BCUT2D eigenvalue weighted by molar-refractivity contribution is 7.86. The fraction of sp³-hybridized carbons (Fsp3) is 0.333. The third-order valence-electron chi connectivity index (χ3n) is 4.32. The zero-order valence-corrected chi connectivity index (χ0v) is 15.2. The van der Waals surface area contributed by atoms with Gasteiger partial charge in [-0.15, -0.1) is 0 Å². The summed E-state index contributed by atoms with van der Waals surface area (Å²) in [5, 5.41) is 0.624. The molecule has 6 heteroatoms. The molecule has 24 heavy (non-hydrogen) atoms. The summed E-state index contributed by atoms with van der Waals surface area (Å²) in [6, 6.07) is 15.3. The topological polar surface area (TPSA) is 40.6 Å². The molecule has 3 rings (SSSR count). The molecule has 2 aromatic carbocycles. The SMILES string of the molecule is Cc1ccccc1CN1CCCN(Cc2cccc(Cl)c2)S1(=O)=O. The molecule has 0 unspecified atom stereocenters. The van der Waals surface area contributed by atoms with Gasteiger partial charge in [0.15, 0.2) is 0 Å². The minimum Gasteiger partial charge on any atom is -0.195 e. The number of halogens is 1. The Morgan fingerprint density at radius 1 is 1.00 bits per heavy atom. The molecule has 1 aliphatic rings. The van der Waals surface area contributed by atoms with Crippen LogP contribution < -0.4 is 0 Å². The lowest BCUT2D eigenvalue weighted by atomic mass is 10.1. The summed E-state index contributed by atoms with van der Waals surface area (Å²) in [6.45, 7) is 3.88. The number of hydrogen-bond donors (Lipinski definition) is 0. The quantitative estimate of drug-likeness (QED) is 0.831. The molecule has 0 spiro atoms. The second-order valence-electron chi connectivity index (χ2n) is 6.08. The third-order valence-corrected chi connectivity index (χ3v) is 6.49. The van der Waals surface area contributed by atoms with E-state index in [0.29, 0.717) is 31.2 Å². The fourth-order valence-electron chi connectivity index (χ4n) is 2.96. The summed E-state index contributed by atoms with van der Waals surface area (Å²) in [7, 11) is -3.47. The average Bonchev–Trinajstić information content (AvgIpc) is 2.53. The Hall–Kier alpha value is -1.40. The smallest absolute Gasteiger partial charge is 0.195 e. The van der Waals surface area contributed by atoms with E-state index in [2.05, 4.69) is 0 Å². The van der Waals surface area contributed by atoms with Crippen molar-refractivity contribution in [1.82, 2.24) is 8.61 Å². The van der Waals surface area contributed by atoms with Crippen molar-refractivity contribution in [3.05, 3.63) is 70.2 Å². The molecule has 128 valence electrons. The van der Waals surface area contributed by atoms with E-state index in [9.17, 15) is 8.42 Å². The molecule has 2 aromatic rings. The van der Waals surface area contributed by atoms with E-state index in [1.807, 2.05) is 49.4 Å². The summed E-state index contributed by atoms with van der Waals surface area (Å²) < 4.78 is 29.0. The normalized spacial score (nSPS) is 18.6. The monoisotopic (exact) mass is 364 g/mol. The second-order valence-corrected chi connectivity index (χ2v) is 8.45. The first-order chi connectivity index (χ1) is 11.5. The van der Waals surface area contributed by atoms with Gasteiger partial charge in [-0.05, 0) is 42.2 Å². The summed E-state index contributed by atoms with van der Waals surface area (Å²) >= 11 is 6.01. The van der Waals surface area contributed by atoms with E-state index >= 15 is 0 Å². The van der Waals surface area contributed by atoms with Crippen LogP contribution in [0.1, 0.15) is 23.1 Å². The van der Waals surface area contributed by atoms with Crippen molar-refractivity contribution in [1.29, 1.82) is 0 Å². The Morgan fingerprint density at radius 3 is 2.42 bits per heavy atom. The molecule has 0 aliphatic carbocycles. The fourth-order valence-corrected chi connectivity index (χ4v) is 4.83. The van der Waals surface area contributed by atoms with Crippen molar-refractivity contribution in [3.63, 3.8) is 0 Å². The number of hydrogen-bond acceptors (Lipinski definition) is 2. The Bertz CT molecular complexity index is 823. The van der Waals surface area contributed by atoms with Crippen LogP contribution in [0.15, 0.2) is 48.5 Å². The van der Waals surface area contributed by atoms with Crippen LogP contribution >= 0.6 is 11.6 Å². The maximum atomic E-state index is 12.9. The first-order valence-electron chi connectivity index (χ1n) is 8.01. The number of aryl methyl sites for hydroxylation is 1. The van der Waals surface area contributed by atoms with Gasteiger partial charge in [-0.3, -0.25) is 0 Å². The van der Waals surface area contributed by atoms with Crippen LogP contribution in [0.2, 0.25) is 5.02 Å². The van der Waals surface area contributed by atoms with Crippen LogP contribution in [0.5, 0.6) is 0 Å². The highest BCUT2D eigenvalue weighted by atomic mass is 35.5. The molecule has 0 saturated carbocycles. The average molecular weight is 365 g/mol. The number of nitrogens with zero attached hydrogens (tertiary/aromatic N) is 2. The lowest BCUT2D eigenvalue weighted by Gasteiger charge is -2.35. The highest BCUT2D eigenvalue weighted by Crippen LogP contribution is 2.23. The number of benzene rings is 2. The molecule has 0 atom stereocenters. The van der Waals surface area contributed by atoms with E-state index in [1.54, 1.807) is 14.7 Å². The molecular weight excluding hydrogens is 344 g/mol. The molecule has 1 heterocycles. The molecule has 0 N–H and O–H groups in total. The van der Waals surface area contributed by atoms with Gasteiger partial charge in [0.05, 0.1) is 0 Å². The molecule has 1 saturated heterocycles. The van der Waals surface area contributed by atoms with Crippen molar-refractivity contribution in [2.24, 2.45) is 0 Å². The van der Waals surface area contributed by atoms with Crippen LogP contribution in [0.4, 0.5) is 0 Å². The van der Waals surface area contributed by atoms with Crippen LogP contribution in [-0.4, -0.2) is 30.1 Å². The maximum absolute atomic E-state index is 12.9. The molecular formula is C18H21ClN2O2S. The minimum atomic E-state index is -3.47. The molecule has 1 fully saturated rings. The standard InChI is InChI=1S/C18H21ClN2O2S/c1-15-6-2-3-8-17(15)14-21-11-5-10-20(24(21,22)23)13-16-7-4-9-18(19)12-16/h2-4,6-9,12H,5,10-11,13-14H2,1H3. The minimum absolute atomic E-state index is 0.354. The summed E-state index contributed by atoms with van der Waals surface area (Å²) in [5.41, 5.74) is 3.06. The Kier molecular flexibility index (Phi) is 5.25. The molecule has 4 nitrogen and oxygen atoms in total. The van der Waals surface area contributed by atoms with Gasteiger partial charge in [-0.2, -0.15) is 17.0 Å². The van der Waals surface area contributed by atoms with Gasteiger partial charge in [0.1, 0.15) is 0 Å². The lowest BCUT2D eigenvalue weighted by molar-refractivity contribution is 0.276. The Balaban J connectivity index is 1.79. The molecule has 0 aromatic heterocycles. The van der Waals surface area contributed by atoms with Gasteiger partial charge in [0.25, 0.3) is 10.2 Å². The largest absolute Gasteiger partial charge is 0.282 e. The van der Waals surface area contributed by atoms with Crippen LogP contribution in [0, 0.1) is 6.92 Å². The van der Waals surface area contributed by atoms with Gasteiger partial charge >= 0.3 is 0 Å². The summed E-state index contributed by atoms with van der Waals surface area (Å²) in [4.78, 5) is 0. The van der Waals surface area contributed by atoms with E-state index < -0.39 is 10.2 Å². The number of rotatable bonds is 4. The van der Waals surface area contributed by atoms with E-state index in [4.69, 9.17) is 11.6 Å². The molecule has 0 amide bonds. The van der Waals surface area contributed by atoms with Gasteiger partial charge in [0.2, 0.25) is 0 Å². The highest BCUT2D eigenvalue weighted by Gasteiger charge is 2.33. The van der Waals surface area contributed by atoms with Gasteiger partial charge in [-0.25, -0.2) is 0 Å². The zero-order valence-electron chi connectivity index (χ0n) is 13.7. The second kappa shape index (κ2) is 7.23. The predicted molar refractivity (Wildman–Crippen MR) is 97.0 cm³/mol. The van der Waals surface area contributed by atoms with Gasteiger partial charge < -0.3 is 0 Å². The van der Waals surface area contributed by atoms with Gasteiger partial charge in [0, 0.05) is 31.2 Å². The molecule has 0 bridgehead atoms. The van der Waals surface area contributed by atoms with Crippen molar-refractivity contribution >= 4 is 21.8 Å². The Morgan fingerprint density at radius 2 is 1.71 bits per heavy atom. The van der Waals surface area contributed by atoms with Crippen molar-refractivity contribution in [3.8, 4) is 0 Å². The predicted octanol–water partition coefficient (Wildman–Crippen LogP) is 3.60. The summed E-state index contributed by atoms with van der Waals surface area (Å²) in [5.74, 6) is 0. The molecule has 0 radical (unpaired) electrons. The van der Waals surface area contributed by atoms with E-state index in [-0.39, 0.29) is 0 Å². The molecule has 1 aliphatic heterocycles. The van der Waals surface area contributed by atoms with Crippen LogP contribution in [0.3, 0.4) is 0 Å². The van der Waals surface area contributed by atoms with Crippen molar-refractivity contribution in [2.45, 2.75) is 26.4 Å². The lowest BCUT2D eigenvalue weighted by Crippen LogP contribution is -2.48. The first kappa shape index (κ1) is 17.4. The van der Waals surface area contributed by atoms with Crippen LogP contribution in [-0.2, 0) is 23.3 Å². The Labute approximate surface area is 148 Å². The zero-order chi connectivity index (χ0) is 17.2. The van der Waals surface area contributed by atoms with Crippen LogP contribution in [0.25, 0.3) is 0 Å². The van der Waals surface area contributed by atoms with Crippen molar-refractivity contribution < 1.29 is 8.42 Å². The van der Waals surface area contributed by atoms with Crippen molar-refractivity contribution in [2.75, 3.05) is 13.1 Å².